The lowest BCUT2D eigenvalue weighted by molar-refractivity contribution is -0.277. The fourth-order valence-electron chi connectivity index (χ4n) is 16.0. The zero-order valence-corrected chi connectivity index (χ0v) is 72.0. The number of carbonyl (C=O) groups is 9. The van der Waals surface area contributed by atoms with E-state index >= 15 is 28.8 Å². The lowest BCUT2D eigenvalue weighted by Gasteiger charge is -2.41. The van der Waals surface area contributed by atoms with Crippen molar-refractivity contribution in [1.29, 1.82) is 0 Å². The van der Waals surface area contributed by atoms with E-state index < -0.39 is 277 Å². The van der Waals surface area contributed by atoms with Crippen molar-refractivity contribution in [3.8, 4) is 80.1 Å². The van der Waals surface area contributed by atoms with Gasteiger partial charge in [0.2, 0.25) is 65.6 Å². The third kappa shape index (κ3) is 21.3. The number of aliphatic carboxylic acids is 1. The molecule has 0 saturated carbocycles. The molecule has 7 aromatic carbocycles. The Hall–Kier alpha value is -12.5. The van der Waals surface area contributed by atoms with Gasteiger partial charge in [-0.1, -0.05) is 106 Å². The number of carboxylic acids is 1. The van der Waals surface area contributed by atoms with Crippen molar-refractivity contribution in [2.75, 3.05) is 40.8 Å². The number of aliphatic hydroxyl groups is 7. The molecule has 20 N–H and O–H groups in total. The van der Waals surface area contributed by atoms with Crippen LogP contribution >= 0.6 is 23.2 Å². The van der Waals surface area contributed by atoms with Gasteiger partial charge >= 0.3 is 5.97 Å². The van der Waals surface area contributed by atoms with Gasteiger partial charge in [-0.3, -0.25) is 38.4 Å². The molecule has 0 radical (unpaired) electrons. The Morgan fingerprint density at radius 2 is 1.22 bits per heavy atom. The van der Waals surface area contributed by atoms with Gasteiger partial charge in [0.15, 0.2) is 35.1 Å². The number of hydrogen-bond acceptors (Lipinski definition) is 30. The van der Waals surface area contributed by atoms with E-state index in [1.165, 1.54) is 36.4 Å². The number of carbonyl (C=O) groups excluding carboxylic acids is 8. The predicted molar refractivity (Wildman–Crippen MR) is 457 cm³/mol. The highest BCUT2D eigenvalue weighted by Crippen LogP contribution is 2.51. The van der Waals surface area contributed by atoms with Gasteiger partial charge in [-0.25, -0.2) is 9.80 Å². The molecular weight excluding hydrogens is 1750 g/mol. The molecule has 18 atom stereocenters. The summed E-state index contributed by atoms with van der Waals surface area (Å²) < 4.78 is 44.4. The summed E-state index contributed by atoms with van der Waals surface area (Å²) in [6.45, 7) is 3.57. The molecule has 17 bridgehead atoms. The normalized spacial score (nSPS) is 25.6. The average molecular weight is 1850 g/mol. The van der Waals surface area contributed by atoms with Crippen LogP contribution in [0, 0.1) is 10.8 Å². The highest BCUT2D eigenvalue weighted by molar-refractivity contribution is 6.33. The van der Waals surface area contributed by atoms with Crippen LogP contribution < -0.4 is 66.2 Å². The molecule has 0 aliphatic carbocycles. The Morgan fingerprint density at radius 1 is 0.569 bits per heavy atom. The average Bonchev–Trinajstić information content (AvgIpc) is 0.756. The summed E-state index contributed by atoms with van der Waals surface area (Å²) in [4.78, 5) is 153. The van der Waals surface area contributed by atoms with Gasteiger partial charge in [-0.2, -0.15) is 0 Å². The second kappa shape index (κ2) is 41.1. The minimum Gasteiger partial charge on any atom is -0.508 e. The topological polar surface area (TPSA) is 593 Å². The molecule has 0 aromatic heterocycles. The molecule has 7 aromatic rings. The number of benzene rings is 7. The van der Waals surface area contributed by atoms with Gasteiger partial charge < -0.3 is 142 Å². The molecule has 2 fully saturated rings. The van der Waals surface area contributed by atoms with Crippen molar-refractivity contribution in [3.63, 3.8) is 0 Å². The third-order valence-corrected chi connectivity index (χ3v) is 23.6. The summed E-state index contributed by atoms with van der Waals surface area (Å²) in [6, 6.07) is 4.05. The van der Waals surface area contributed by atoms with Crippen molar-refractivity contribution in [1.82, 2.24) is 52.4 Å². The number of unbranched alkanes of at least 4 members (excludes halogenated alkanes) is 5. The van der Waals surface area contributed by atoms with Crippen LogP contribution in [0.3, 0.4) is 0 Å². The van der Waals surface area contributed by atoms with E-state index in [0.29, 0.717) is 30.3 Å². The number of carboxylic acid groups (broad SMARTS) is 1. The summed E-state index contributed by atoms with van der Waals surface area (Å²) in [7, 11) is 4.63. The number of ether oxygens (including phenoxy) is 7. The second-order valence-corrected chi connectivity index (χ2v) is 33.8. The Morgan fingerprint density at radius 3 is 1.91 bits per heavy atom. The quantitative estimate of drug-likeness (QED) is 0.0237. The first kappa shape index (κ1) is 95.1. The Balaban J connectivity index is 1.05. The molecule has 42 heteroatoms. The molecule has 16 rings (SSSR count). The minimum atomic E-state index is -2.49. The van der Waals surface area contributed by atoms with Crippen molar-refractivity contribution < 1.29 is 138 Å². The number of fused-ring (bicyclic) bond motifs is 14. The zero-order valence-electron chi connectivity index (χ0n) is 70.5. The smallest absolute Gasteiger partial charge is 0.335 e. The maximum atomic E-state index is 16.9. The molecule has 2 saturated heterocycles. The number of phenols is 4. The molecule has 9 heterocycles. The molecule has 0 spiro atoms. The lowest BCUT2D eigenvalue weighted by atomic mass is 9.89. The number of amides is 8. The number of nitroso groups, excluding NO2 is 1. The number of halogens is 2. The fraction of sp³-hybridized carbons (Fsp3) is 0.420. The number of rotatable bonds is 23. The Kier molecular flexibility index (Phi) is 30.1. The molecule has 130 heavy (non-hydrogen) atoms. The summed E-state index contributed by atoms with van der Waals surface area (Å²) in [5.41, 5.74) is -3.20. The van der Waals surface area contributed by atoms with Gasteiger partial charge in [-0.05, 0) is 146 Å². The van der Waals surface area contributed by atoms with E-state index in [9.17, 15) is 80.6 Å². The van der Waals surface area contributed by atoms with E-state index in [1.807, 2.05) is 0 Å². The van der Waals surface area contributed by atoms with E-state index in [0.717, 1.165) is 118 Å². The van der Waals surface area contributed by atoms with Crippen LogP contribution in [0.25, 0.3) is 11.1 Å². The van der Waals surface area contributed by atoms with Crippen molar-refractivity contribution in [2.24, 2.45) is 11.2 Å². The first-order valence-corrected chi connectivity index (χ1v) is 42.6. The monoisotopic (exact) mass is 1840 g/mol. The Bertz CT molecular complexity index is 5440. The van der Waals surface area contributed by atoms with Crippen LogP contribution in [0.5, 0.6) is 69.0 Å². The summed E-state index contributed by atoms with van der Waals surface area (Å²) in [6.07, 6.45) is -16.2. The second-order valence-electron chi connectivity index (χ2n) is 33.0. The van der Waals surface area contributed by atoms with Gasteiger partial charge in [0.25, 0.3) is 0 Å². The molecule has 694 valence electrons. The molecule has 9 aliphatic heterocycles. The van der Waals surface area contributed by atoms with Gasteiger partial charge in [-0.15, -0.1) is 4.91 Å². The van der Waals surface area contributed by atoms with Crippen molar-refractivity contribution in [3.05, 3.63) is 169 Å². The standard InChI is InChI=1S/C88H99Cl2N11O29/c1-38(2)13-10-8-6-7-9-11-14-61(107)93-69-73(110)75(112)78(86(121)122)130-87(69)129-77-58-31-43-32-59(77)126-55-23-19-42(29-50(55)89)71(108)68-84(119)97-66(80(115)91-25-12-26-100(3)4)48-33-44(103)34-57(127-88-76(113)74(111)72(109)60(37-102)128-88)62(48)47-28-40(17-22-52(47)104)64(81(116)98-68)94-82(117)65(43)95-83(118)67-49-35-46(36-54(106)63(49)90)125-56-24-18-41(30-53(56)105)70(101(5)99-123)85(120)92-51(79(114)96-67)27-39-15-20-45(124-58)21-16-39/h15-24,28-36,38,51,60,64-76,78,87-88,102-106,108-113H,6-14,25-27,37H2,1-5H3,(H,91,115)(H,92,120)(H,93,107)(H,94,117)(H,95,118)(H,96,114)(H,97,119)(H,98,116)(H,121,122)/t51-,60-,64-,65-,66+,67+,68+,69-,70-,71-,72-,73-,74+,75+,76+,78+,87-,88+/m1/s1. The maximum absolute atomic E-state index is 16.9. The highest BCUT2D eigenvalue weighted by Gasteiger charge is 2.52. The number of likely N-dealkylation sites (N-methyl/N-ethyl adjacent to an activating group) is 1. The number of aromatic hydroxyl groups is 4. The van der Waals surface area contributed by atoms with Crippen LogP contribution in [-0.2, 0) is 59.0 Å². The van der Waals surface area contributed by atoms with Crippen molar-refractivity contribution >= 4 is 76.4 Å². The molecule has 9 aliphatic rings. The van der Waals surface area contributed by atoms with Gasteiger partial charge in [0, 0.05) is 55.3 Å². The zero-order chi connectivity index (χ0) is 93.5. The highest BCUT2D eigenvalue weighted by atomic mass is 35.5. The van der Waals surface area contributed by atoms with E-state index in [4.69, 9.17) is 56.4 Å². The van der Waals surface area contributed by atoms with Crippen LogP contribution in [0.2, 0.25) is 10.0 Å². The fourth-order valence-corrected chi connectivity index (χ4v) is 16.5. The first-order valence-electron chi connectivity index (χ1n) is 41.8. The number of nitrogens with zero attached hydrogens (tertiary/aromatic N) is 3. The molecule has 8 amide bonds. The molecule has 40 nitrogen and oxygen atoms in total. The maximum Gasteiger partial charge on any atom is 0.335 e. The largest absolute Gasteiger partial charge is 0.508 e. The summed E-state index contributed by atoms with van der Waals surface area (Å²) >= 11 is 14.3. The van der Waals surface area contributed by atoms with Gasteiger partial charge in [0.05, 0.1) is 21.9 Å². The number of phenolic OH excluding ortho intramolecular Hbond substituents is 4. The first-order chi connectivity index (χ1) is 62.0. The van der Waals surface area contributed by atoms with Crippen LogP contribution in [0.15, 0.2) is 121 Å². The van der Waals surface area contributed by atoms with Crippen LogP contribution in [0.1, 0.15) is 147 Å². The minimum absolute atomic E-state index is 0.0845. The van der Waals surface area contributed by atoms with Crippen LogP contribution in [-0.4, -0.2) is 239 Å². The predicted octanol–water partition coefficient (Wildman–Crippen LogP) is 4.56. The lowest BCUT2D eigenvalue weighted by Crippen LogP contribution is -2.66. The van der Waals surface area contributed by atoms with E-state index in [-0.39, 0.29) is 47.6 Å². The van der Waals surface area contributed by atoms with Crippen LogP contribution in [0.4, 0.5) is 0 Å². The Labute approximate surface area is 751 Å². The third-order valence-electron chi connectivity index (χ3n) is 22.9. The molecular formula is C88H99Cl2N11O29. The number of hydrogen-bond donors (Lipinski definition) is 20. The molecule has 0 unspecified atom stereocenters. The van der Waals surface area contributed by atoms with E-state index in [1.54, 1.807) is 19.0 Å². The summed E-state index contributed by atoms with van der Waals surface area (Å²) in [5, 5.41) is 162. The number of nitrogens with one attached hydrogen (secondary N) is 8. The number of aliphatic hydroxyl groups excluding tert-OH is 7. The van der Waals surface area contributed by atoms with E-state index in [2.05, 4.69) is 61.7 Å². The van der Waals surface area contributed by atoms with Crippen molar-refractivity contribution in [2.45, 2.75) is 188 Å². The van der Waals surface area contributed by atoms with Gasteiger partial charge in [0.1, 0.15) is 125 Å². The summed E-state index contributed by atoms with van der Waals surface area (Å²) in [5.74, 6) is -18.5. The SMILES string of the molecule is CC(C)CCCCCCCCC(=O)N[C@H]1[C@H](Oc2c3cc4cc2Oc2ccc(cc2Cl)[C@@H](O)[C@@H]2NC(=O)[C@H](NC(=O)[C@@H]4NC(=O)[C@H]4NC(=O)[C@@H](Cc5ccc(cc5)O3)NC(=O)[C@H](N(C)N=O)c3ccc(c(O)c3)Oc3cc(O)c(Cl)c4c3)c3ccc(O)c(c3)-c3c(O[C@H]4O[C@H](CO)[C@@H](O)[C@H](O)[C@@H]4O)cc(O)cc3[C@@H](C(=O)NCCCN(C)C)NC2=O)O[C@H](C(=O)O)[C@@H](O)[C@@H]1O.